The van der Waals surface area contributed by atoms with Gasteiger partial charge in [0.1, 0.15) is 10.6 Å². The Hall–Kier alpha value is -2.92. The topological polar surface area (TPSA) is 66.4 Å². The average Bonchev–Trinajstić information content (AvgIpc) is 3.00. The molecule has 0 radical (unpaired) electrons. The van der Waals surface area contributed by atoms with Crippen LogP contribution in [0.15, 0.2) is 60.0 Å². The van der Waals surface area contributed by atoms with Gasteiger partial charge in [-0.25, -0.2) is 4.79 Å². The molecule has 24 heavy (non-hydrogen) atoms. The Morgan fingerprint density at radius 3 is 2.29 bits per heavy atom. The van der Waals surface area contributed by atoms with E-state index in [0.29, 0.717) is 16.1 Å². The molecule has 0 fully saturated rings. The van der Waals surface area contributed by atoms with Gasteiger partial charge in [-0.1, -0.05) is 48.0 Å². The molecule has 0 saturated heterocycles. The largest absolute Gasteiger partial charge is 0.478 e. The quantitative estimate of drug-likeness (QED) is 0.727. The zero-order valence-corrected chi connectivity index (χ0v) is 13.8. The molecule has 0 aliphatic carbocycles. The summed E-state index contributed by atoms with van der Waals surface area (Å²) in [4.78, 5) is 24.0. The number of carboxylic acid groups (broad SMARTS) is 1. The second kappa shape index (κ2) is 6.68. The first-order valence-corrected chi connectivity index (χ1v) is 8.22. The van der Waals surface area contributed by atoms with Gasteiger partial charge >= 0.3 is 5.97 Å². The second-order valence-corrected chi connectivity index (χ2v) is 6.22. The van der Waals surface area contributed by atoms with Crippen LogP contribution in [0.2, 0.25) is 0 Å². The lowest BCUT2D eigenvalue weighted by Crippen LogP contribution is -2.13. The number of aromatic carboxylic acids is 1. The van der Waals surface area contributed by atoms with Gasteiger partial charge in [0.2, 0.25) is 0 Å². The number of carbonyl (C=O) groups is 2. The molecule has 120 valence electrons. The first kappa shape index (κ1) is 16.0. The predicted molar refractivity (Wildman–Crippen MR) is 95.8 cm³/mol. The lowest BCUT2D eigenvalue weighted by molar-refractivity contribution is 0.0699. The van der Waals surface area contributed by atoms with Crippen molar-refractivity contribution in [1.29, 1.82) is 0 Å². The van der Waals surface area contributed by atoms with Gasteiger partial charge in [-0.3, -0.25) is 4.79 Å². The normalized spacial score (nSPS) is 10.4. The van der Waals surface area contributed by atoms with Crippen LogP contribution in [0.25, 0.3) is 11.1 Å². The van der Waals surface area contributed by atoms with Gasteiger partial charge in [0.25, 0.3) is 5.91 Å². The number of hydrogen-bond acceptors (Lipinski definition) is 3. The average molecular weight is 337 g/mol. The Morgan fingerprint density at radius 2 is 1.67 bits per heavy atom. The van der Waals surface area contributed by atoms with Crippen molar-refractivity contribution in [3.63, 3.8) is 0 Å². The van der Waals surface area contributed by atoms with Crippen LogP contribution in [0.3, 0.4) is 0 Å². The molecule has 2 N–H and O–H groups in total. The summed E-state index contributed by atoms with van der Waals surface area (Å²) in [7, 11) is 0. The summed E-state index contributed by atoms with van der Waals surface area (Å²) in [5, 5.41) is 14.4. The number of benzene rings is 2. The van der Waals surface area contributed by atoms with Gasteiger partial charge in [0.15, 0.2) is 0 Å². The maximum atomic E-state index is 12.3. The van der Waals surface area contributed by atoms with Crippen molar-refractivity contribution in [2.24, 2.45) is 0 Å². The molecule has 0 spiro atoms. The van der Waals surface area contributed by atoms with E-state index in [9.17, 15) is 14.7 Å². The van der Waals surface area contributed by atoms with Crippen molar-refractivity contribution >= 4 is 28.2 Å². The molecule has 0 aliphatic heterocycles. The predicted octanol–water partition coefficient (Wildman–Crippen LogP) is 4.67. The number of carbonyl (C=O) groups excluding carboxylic acids is 1. The zero-order chi connectivity index (χ0) is 17.1. The molecule has 1 aromatic heterocycles. The van der Waals surface area contributed by atoms with Crippen LogP contribution in [0.5, 0.6) is 0 Å². The molecule has 1 heterocycles. The number of anilines is 1. The van der Waals surface area contributed by atoms with E-state index in [0.717, 1.165) is 11.1 Å². The Kier molecular flexibility index (Phi) is 4.44. The fraction of sp³-hybridized carbons (Fsp3) is 0.0526. The SMILES string of the molecule is Cc1ccc(-c2csc(NC(=O)c3ccccc3)c2C(=O)O)cc1. The van der Waals surface area contributed by atoms with Crippen molar-refractivity contribution in [1.82, 2.24) is 0 Å². The van der Waals surface area contributed by atoms with Gasteiger partial charge in [-0.2, -0.15) is 0 Å². The van der Waals surface area contributed by atoms with Crippen molar-refractivity contribution in [2.45, 2.75) is 6.92 Å². The molecule has 4 nitrogen and oxygen atoms in total. The number of amides is 1. The highest BCUT2D eigenvalue weighted by molar-refractivity contribution is 7.15. The minimum Gasteiger partial charge on any atom is -0.478 e. The third-order valence-corrected chi connectivity index (χ3v) is 4.53. The van der Waals surface area contributed by atoms with Gasteiger partial charge in [0, 0.05) is 16.5 Å². The molecule has 5 heteroatoms. The fourth-order valence-corrected chi connectivity index (χ4v) is 3.33. The van der Waals surface area contributed by atoms with Crippen LogP contribution < -0.4 is 5.32 Å². The van der Waals surface area contributed by atoms with Gasteiger partial charge in [-0.15, -0.1) is 11.3 Å². The van der Waals surface area contributed by atoms with Crippen LogP contribution in [0, 0.1) is 6.92 Å². The molecular formula is C19H15NO3S. The molecule has 0 bridgehead atoms. The monoisotopic (exact) mass is 337 g/mol. The van der Waals surface area contributed by atoms with Crippen molar-refractivity contribution < 1.29 is 14.7 Å². The summed E-state index contributed by atoms with van der Waals surface area (Å²) in [6, 6.07) is 16.3. The maximum absolute atomic E-state index is 12.3. The summed E-state index contributed by atoms with van der Waals surface area (Å²) in [6.07, 6.45) is 0. The minimum absolute atomic E-state index is 0.119. The summed E-state index contributed by atoms with van der Waals surface area (Å²) in [6.45, 7) is 1.97. The van der Waals surface area contributed by atoms with E-state index < -0.39 is 5.97 Å². The smallest absolute Gasteiger partial charge is 0.339 e. The molecule has 0 aliphatic rings. The number of carboxylic acids is 1. The molecule has 3 rings (SSSR count). The Bertz CT molecular complexity index is 883. The highest BCUT2D eigenvalue weighted by Gasteiger charge is 2.21. The van der Waals surface area contributed by atoms with Gasteiger partial charge < -0.3 is 10.4 Å². The first-order valence-electron chi connectivity index (χ1n) is 7.34. The van der Waals surface area contributed by atoms with Gasteiger partial charge in [0.05, 0.1) is 0 Å². The molecule has 0 saturated carbocycles. The van der Waals surface area contributed by atoms with Gasteiger partial charge in [-0.05, 0) is 24.6 Å². The lowest BCUT2D eigenvalue weighted by atomic mass is 10.0. The molecule has 0 atom stereocenters. The summed E-state index contributed by atoms with van der Waals surface area (Å²) < 4.78 is 0. The van der Waals surface area contributed by atoms with E-state index >= 15 is 0 Å². The van der Waals surface area contributed by atoms with Crippen LogP contribution in [-0.2, 0) is 0 Å². The number of thiophene rings is 1. The van der Waals surface area contributed by atoms with E-state index in [1.165, 1.54) is 11.3 Å². The van der Waals surface area contributed by atoms with Crippen molar-refractivity contribution in [3.05, 3.63) is 76.7 Å². The summed E-state index contributed by atoms with van der Waals surface area (Å²) >= 11 is 1.21. The molecule has 0 unspecified atom stereocenters. The zero-order valence-electron chi connectivity index (χ0n) is 12.9. The summed E-state index contributed by atoms with van der Waals surface area (Å²) in [5.74, 6) is -1.38. The third kappa shape index (κ3) is 3.21. The lowest BCUT2D eigenvalue weighted by Gasteiger charge is -2.06. The van der Waals surface area contributed by atoms with Crippen LogP contribution in [-0.4, -0.2) is 17.0 Å². The Labute approximate surface area is 143 Å². The molecule has 2 aromatic carbocycles. The first-order chi connectivity index (χ1) is 11.6. The second-order valence-electron chi connectivity index (χ2n) is 5.34. The standard InChI is InChI=1S/C19H15NO3S/c1-12-7-9-13(10-8-12)15-11-24-18(16(15)19(22)23)20-17(21)14-5-3-2-4-6-14/h2-11H,1H3,(H,20,21)(H,22,23). The number of nitrogens with one attached hydrogen (secondary N) is 1. The highest BCUT2D eigenvalue weighted by atomic mass is 32.1. The molecule has 3 aromatic rings. The Balaban J connectivity index is 1.96. The summed E-state index contributed by atoms with van der Waals surface area (Å²) in [5.41, 5.74) is 3.13. The number of rotatable bonds is 4. The van der Waals surface area contributed by atoms with E-state index in [1.807, 2.05) is 37.3 Å². The van der Waals surface area contributed by atoms with Crippen LogP contribution >= 0.6 is 11.3 Å². The van der Waals surface area contributed by atoms with Crippen molar-refractivity contribution in [2.75, 3.05) is 5.32 Å². The fourth-order valence-electron chi connectivity index (χ4n) is 2.37. The number of aryl methyl sites for hydroxylation is 1. The maximum Gasteiger partial charge on any atom is 0.339 e. The van der Waals surface area contributed by atoms with E-state index in [4.69, 9.17) is 0 Å². The minimum atomic E-state index is -1.06. The van der Waals surface area contributed by atoms with E-state index in [2.05, 4.69) is 5.32 Å². The molecule has 1 amide bonds. The van der Waals surface area contributed by atoms with E-state index in [-0.39, 0.29) is 11.5 Å². The Morgan fingerprint density at radius 1 is 1.00 bits per heavy atom. The van der Waals surface area contributed by atoms with E-state index in [1.54, 1.807) is 29.6 Å². The van der Waals surface area contributed by atoms with Crippen molar-refractivity contribution in [3.8, 4) is 11.1 Å². The number of hydrogen-bond donors (Lipinski definition) is 2. The van der Waals surface area contributed by atoms with Crippen LogP contribution in [0.1, 0.15) is 26.3 Å². The molecular weight excluding hydrogens is 322 g/mol. The highest BCUT2D eigenvalue weighted by Crippen LogP contribution is 2.36. The van der Waals surface area contributed by atoms with Crippen LogP contribution in [0.4, 0.5) is 5.00 Å². The third-order valence-electron chi connectivity index (χ3n) is 3.63.